The second kappa shape index (κ2) is 7.75. The summed E-state index contributed by atoms with van der Waals surface area (Å²) in [5, 5.41) is 3.92. The van der Waals surface area contributed by atoms with E-state index in [0.717, 1.165) is 39.2 Å². The number of fused-ring (bicyclic) bond motifs is 2. The molecule has 6 nitrogen and oxygen atoms in total. The summed E-state index contributed by atoms with van der Waals surface area (Å²) in [6.07, 6.45) is 2.70. The van der Waals surface area contributed by atoms with Crippen LogP contribution in [0.4, 0.5) is 4.79 Å². The molecule has 0 saturated carbocycles. The lowest BCUT2D eigenvalue weighted by molar-refractivity contribution is 0.206. The SMILES string of the molecule is CN(Cc1nc2ccccc2s1)C(=O)NCCCn1cnc2ccccc21. The van der Waals surface area contributed by atoms with Crippen LogP contribution in [0.1, 0.15) is 11.4 Å². The molecule has 0 unspecified atom stereocenters. The normalized spacial score (nSPS) is 11.1. The fourth-order valence-electron chi connectivity index (χ4n) is 3.03. The lowest BCUT2D eigenvalue weighted by Gasteiger charge is -2.16. The highest BCUT2D eigenvalue weighted by molar-refractivity contribution is 7.18. The van der Waals surface area contributed by atoms with Crippen LogP contribution in [-0.4, -0.2) is 39.1 Å². The summed E-state index contributed by atoms with van der Waals surface area (Å²) in [6.45, 7) is 1.95. The number of hydrogen-bond donors (Lipinski definition) is 1. The van der Waals surface area contributed by atoms with Gasteiger partial charge in [-0.15, -0.1) is 11.3 Å². The lowest BCUT2D eigenvalue weighted by Crippen LogP contribution is -2.37. The van der Waals surface area contributed by atoms with Crippen molar-refractivity contribution in [3.8, 4) is 0 Å². The third-order valence-electron chi connectivity index (χ3n) is 4.44. The van der Waals surface area contributed by atoms with E-state index >= 15 is 0 Å². The zero-order valence-corrected chi connectivity index (χ0v) is 15.9. The lowest BCUT2D eigenvalue weighted by atomic mass is 10.3. The van der Waals surface area contributed by atoms with Crippen molar-refractivity contribution in [2.75, 3.05) is 13.6 Å². The summed E-state index contributed by atoms with van der Waals surface area (Å²) < 4.78 is 3.26. The summed E-state index contributed by atoms with van der Waals surface area (Å²) in [7, 11) is 1.80. The van der Waals surface area contributed by atoms with E-state index in [1.807, 2.05) is 42.7 Å². The van der Waals surface area contributed by atoms with Crippen molar-refractivity contribution in [3.05, 3.63) is 59.9 Å². The molecular weight excluding hydrogens is 358 g/mol. The van der Waals surface area contributed by atoms with Crippen LogP contribution < -0.4 is 5.32 Å². The highest BCUT2D eigenvalue weighted by Crippen LogP contribution is 2.22. The van der Waals surface area contributed by atoms with E-state index in [0.29, 0.717) is 13.1 Å². The van der Waals surface area contributed by atoms with Gasteiger partial charge in [-0.3, -0.25) is 0 Å². The molecule has 4 aromatic rings. The molecule has 0 fully saturated rings. The molecule has 0 saturated heterocycles. The summed E-state index contributed by atoms with van der Waals surface area (Å²) in [5.41, 5.74) is 3.10. The second-order valence-electron chi connectivity index (χ2n) is 6.44. The number of para-hydroxylation sites is 3. The first-order valence-electron chi connectivity index (χ1n) is 8.94. The number of urea groups is 1. The maximum absolute atomic E-state index is 12.3. The van der Waals surface area contributed by atoms with Gasteiger partial charge in [-0.1, -0.05) is 24.3 Å². The van der Waals surface area contributed by atoms with Gasteiger partial charge in [0.25, 0.3) is 0 Å². The number of amides is 2. The van der Waals surface area contributed by atoms with Gasteiger partial charge in [-0.2, -0.15) is 0 Å². The van der Waals surface area contributed by atoms with Crippen LogP contribution in [0.25, 0.3) is 21.3 Å². The first kappa shape index (κ1) is 17.5. The van der Waals surface area contributed by atoms with Crippen LogP contribution in [0.3, 0.4) is 0 Å². The Kier molecular flexibility index (Phi) is 5.02. The van der Waals surface area contributed by atoms with Crippen LogP contribution in [0.5, 0.6) is 0 Å². The smallest absolute Gasteiger partial charge is 0.317 e. The van der Waals surface area contributed by atoms with Crippen molar-refractivity contribution in [3.63, 3.8) is 0 Å². The monoisotopic (exact) mass is 379 g/mol. The minimum absolute atomic E-state index is 0.0789. The molecule has 7 heteroatoms. The van der Waals surface area contributed by atoms with Gasteiger partial charge in [0.1, 0.15) is 5.01 Å². The number of carbonyl (C=O) groups excluding carboxylic acids is 1. The predicted molar refractivity (Wildman–Crippen MR) is 109 cm³/mol. The summed E-state index contributed by atoms with van der Waals surface area (Å²) in [6, 6.07) is 16.0. The highest BCUT2D eigenvalue weighted by atomic mass is 32.1. The molecular formula is C20H21N5OS. The van der Waals surface area contributed by atoms with Crippen molar-refractivity contribution in [2.45, 2.75) is 19.5 Å². The molecule has 2 amide bonds. The number of aromatic nitrogens is 3. The fraction of sp³-hybridized carbons (Fsp3) is 0.250. The summed E-state index contributed by atoms with van der Waals surface area (Å²) >= 11 is 1.63. The van der Waals surface area contributed by atoms with E-state index in [-0.39, 0.29) is 6.03 Å². The molecule has 4 rings (SSSR count). The van der Waals surface area contributed by atoms with E-state index in [1.165, 1.54) is 0 Å². The average molecular weight is 379 g/mol. The first-order chi connectivity index (χ1) is 13.2. The summed E-state index contributed by atoms with van der Waals surface area (Å²) in [4.78, 5) is 22.9. The van der Waals surface area contributed by atoms with Crippen molar-refractivity contribution < 1.29 is 4.79 Å². The van der Waals surface area contributed by atoms with E-state index in [4.69, 9.17) is 0 Å². The third-order valence-corrected chi connectivity index (χ3v) is 5.46. The van der Waals surface area contributed by atoms with E-state index in [9.17, 15) is 4.79 Å². The Morgan fingerprint density at radius 3 is 2.78 bits per heavy atom. The third kappa shape index (κ3) is 3.93. The first-order valence-corrected chi connectivity index (χ1v) is 9.75. The predicted octanol–water partition coefficient (Wildman–Crippen LogP) is 3.88. The Hall–Kier alpha value is -2.93. The average Bonchev–Trinajstić information content (AvgIpc) is 3.28. The molecule has 138 valence electrons. The standard InChI is InChI=1S/C20H21N5OS/c1-24(13-19-23-16-8-3-5-10-18(16)27-19)20(26)21-11-6-12-25-14-22-15-7-2-4-9-17(15)25/h2-5,7-10,14H,6,11-13H2,1H3,(H,21,26). The summed E-state index contributed by atoms with van der Waals surface area (Å²) in [5.74, 6) is 0. The molecule has 2 aromatic heterocycles. The number of benzene rings is 2. The zero-order chi connectivity index (χ0) is 18.6. The van der Waals surface area contributed by atoms with Gasteiger partial charge in [0.05, 0.1) is 34.1 Å². The number of hydrogen-bond acceptors (Lipinski definition) is 4. The molecule has 0 aliphatic rings. The maximum atomic E-state index is 12.3. The van der Waals surface area contributed by atoms with E-state index in [2.05, 4.69) is 32.0 Å². The molecule has 0 aliphatic heterocycles. The molecule has 2 heterocycles. The number of thiazole rings is 1. The van der Waals surface area contributed by atoms with Gasteiger partial charge in [0.2, 0.25) is 0 Å². The molecule has 27 heavy (non-hydrogen) atoms. The van der Waals surface area contributed by atoms with Gasteiger partial charge in [0, 0.05) is 20.1 Å². The highest BCUT2D eigenvalue weighted by Gasteiger charge is 2.11. The number of carbonyl (C=O) groups is 1. The quantitative estimate of drug-likeness (QED) is 0.517. The molecule has 0 spiro atoms. The molecule has 0 atom stereocenters. The Labute approximate surface area is 161 Å². The number of aryl methyl sites for hydroxylation is 1. The number of nitrogens with zero attached hydrogens (tertiary/aromatic N) is 4. The van der Waals surface area contributed by atoms with Crippen LogP contribution >= 0.6 is 11.3 Å². The Balaban J connectivity index is 1.26. The van der Waals surface area contributed by atoms with Crippen LogP contribution in [-0.2, 0) is 13.1 Å². The van der Waals surface area contributed by atoms with Gasteiger partial charge >= 0.3 is 6.03 Å². The Morgan fingerprint density at radius 1 is 1.15 bits per heavy atom. The fourth-order valence-corrected chi connectivity index (χ4v) is 4.05. The molecule has 1 N–H and O–H groups in total. The van der Waals surface area contributed by atoms with Crippen LogP contribution in [0, 0.1) is 0 Å². The maximum Gasteiger partial charge on any atom is 0.317 e. The van der Waals surface area contributed by atoms with Crippen LogP contribution in [0.2, 0.25) is 0 Å². The Bertz CT molecular complexity index is 1040. The Morgan fingerprint density at radius 2 is 1.93 bits per heavy atom. The second-order valence-corrected chi connectivity index (χ2v) is 7.56. The van der Waals surface area contributed by atoms with E-state index < -0.39 is 0 Å². The van der Waals surface area contributed by atoms with Gasteiger partial charge in [-0.25, -0.2) is 14.8 Å². The van der Waals surface area contributed by atoms with Crippen molar-refractivity contribution in [2.24, 2.45) is 0 Å². The van der Waals surface area contributed by atoms with Gasteiger partial charge in [0.15, 0.2) is 0 Å². The number of imidazole rings is 1. The molecule has 0 radical (unpaired) electrons. The number of rotatable bonds is 6. The number of nitrogens with one attached hydrogen (secondary N) is 1. The molecule has 0 aliphatic carbocycles. The van der Waals surface area contributed by atoms with Gasteiger partial charge in [-0.05, 0) is 30.7 Å². The molecule has 2 aromatic carbocycles. The van der Waals surface area contributed by atoms with Crippen molar-refractivity contribution >= 4 is 38.6 Å². The molecule has 0 bridgehead atoms. The zero-order valence-electron chi connectivity index (χ0n) is 15.1. The van der Waals surface area contributed by atoms with Gasteiger partial charge < -0.3 is 14.8 Å². The minimum atomic E-state index is -0.0789. The largest absolute Gasteiger partial charge is 0.338 e. The van der Waals surface area contributed by atoms with Crippen molar-refractivity contribution in [1.82, 2.24) is 24.8 Å². The van der Waals surface area contributed by atoms with Crippen molar-refractivity contribution in [1.29, 1.82) is 0 Å². The minimum Gasteiger partial charge on any atom is -0.338 e. The topological polar surface area (TPSA) is 63.1 Å². The van der Waals surface area contributed by atoms with Crippen LogP contribution in [0.15, 0.2) is 54.9 Å². The van der Waals surface area contributed by atoms with E-state index in [1.54, 1.807) is 23.3 Å².